The topological polar surface area (TPSA) is 67.5 Å². The summed E-state index contributed by atoms with van der Waals surface area (Å²) >= 11 is 1.71. The van der Waals surface area contributed by atoms with E-state index in [-0.39, 0.29) is 5.91 Å². The number of nitrogens with two attached hydrogens (primary N) is 1. The Morgan fingerprint density at radius 1 is 1.85 bits per heavy atom. The summed E-state index contributed by atoms with van der Waals surface area (Å²) in [5, 5.41) is 4.03. The van der Waals surface area contributed by atoms with Crippen LogP contribution in [0.2, 0.25) is 0 Å². The Hall–Kier alpha value is -0.710. The van der Waals surface area contributed by atoms with Gasteiger partial charge in [0, 0.05) is 25.3 Å². The molecule has 0 aromatic heterocycles. The molecule has 0 aromatic carbocycles. The SMILES string of the molecule is CC1CN=C(NCCC(N)=O)SC1. The predicted molar refractivity (Wildman–Crippen MR) is 55.7 cm³/mol. The Bertz CT molecular complexity index is 217. The Balaban J connectivity index is 2.18. The minimum Gasteiger partial charge on any atom is -0.370 e. The van der Waals surface area contributed by atoms with Gasteiger partial charge >= 0.3 is 0 Å². The van der Waals surface area contributed by atoms with E-state index < -0.39 is 0 Å². The smallest absolute Gasteiger partial charge is 0.219 e. The molecule has 1 unspecified atom stereocenters. The van der Waals surface area contributed by atoms with Crippen LogP contribution >= 0.6 is 11.8 Å². The molecule has 0 saturated heterocycles. The number of nitrogens with zero attached hydrogens (tertiary/aromatic N) is 1. The number of carbonyl (C=O) groups is 1. The largest absolute Gasteiger partial charge is 0.370 e. The number of carbonyl (C=O) groups excluding carboxylic acids is 1. The molecule has 5 heteroatoms. The maximum atomic E-state index is 10.4. The third-order valence-corrected chi connectivity index (χ3v) is 2.98. The summed E-state index contributed by atoms with van der Waals surface area (Å²) in [7, 11) is 0. The van der Waals surface area contributed by atoms with Crippen LogP contribution in [0.25, 0.3) is 0 Å². The van der Waals surface area contributed by atoms with E-state index in [1.165, 1.54) is 0 Å². The Labute approximate surface area is 82.4 Å². The lowest BCUT2D eigenvalue weighted by molar-refractivity contribution is -0.117. The molecule has 1 heterocycles. The fourth-order valence-electron chi connectivity index (χ4n) is 0.958. The highest BCUT2D eigenvalue weighted by Crippen LogP contribution is 2.15. The van der Waals surface area contributed by atoms with Crippen molar-refractivity contribution in [2.75, 3.05) is 18.8 Å². The van der Waals surface area contributed by atoms with Crippen molar-refractivity contribution in [3.05, 3.63) is 0 Å². The third-order valence-electron chi connectivity index (χ3n) is 1.70. The Morgan fingerprint density at radius 2 is 2.62 bits per heavy atom. The zero-order valence-electron chi connectivity index (χ0n) is 7.75. The molecule has 1 atom stereocenters. The number of aliphatic imine (C=N–C) groups is 1. The van der Waals surface area contributed by atoms with Crippen LogP contribution < -0.4 is 11.1 Å². The quantitative estimate of drug-likeness (QED) is 0.685. The van der Waals surface area contributed by atoms with Crippen molar-refractivity contribution >= 4 is 22.8 Å². The van der Waals surface area contributed by atoms with E-state index in [0.29, 0.717) is 18.9 Å². The van der Waals surface area contributed by atoms with Gasteiger partial charge in [0.2, 0.25) is 5.91 Å². The zero-order valence-corrected chi connectivity index (χ0v) is 8.56. The fraction of sp³-hybridized carbons (Fsp3) is 0.750. The van der Waals surface area contributed by atoms with Gasteiger partial charge < -0.3 is 11.1 Å². The summed E-state index contributed by atoms with van der Waals surface area (Å²) in [6.45, 7) is 3.65. The monoisotopic (exact) mass is 201 g/mol. The van der Waals surface area contributed by atoms with Gasteiger partial charge in [-0.15, -0.1) is 0 Å². The maximum Gasteiger partial charge on any atom is 0.219 e. The molecule has 0 fully saturated rings. The van der Waals surface area contributed by atoms with Gasteiger partial charge in [-0.25, -0.2) is 0 Å². The third kappa shape index (κ3) is 4.17. The molecule has 13 heavy (non-hydrogen) atoms. The van der Waals surface area contributed by atoms with E-state index in [2.05, 4.69) is 17.2 Å². The van der Waals surface area contributed by atoms with E-state index >= 15 is 0 Å². The molecule has 1 aliphatic rings. The first-order chi connectivity index (χ1) is 6.18. The van der Waals surface area contributed by atoms with Gasteiger partial charge in [-0.1, -0.05) is 18.7 Å². The van der Waals surface area contributed by atoms with Gasteiger partial charge in [0.1, 0.15) is 0 Å². The Morgan fingerprint density at radius 3 is 3.15 bits per heavy atom. The lowest BCUT2D eigenvalue weighted by Crippen LogP contribution is -2.29. The summed E-state index contributed by atoms with van der Waals surface area (Å²) in [5.41, 5.74) is 5.00. The molecular weight excluding hydrogens is 186 g/mol. The van der Waals surface area contributed by atoms with E-state index in [4.69, 9.17) is 5.73 Å². The molecule has 4 nitrogen and oxygen atoms in total. The fourth-order valence-corrected chi connectivity index (χ4v) is 1.88. The molecule has 1 aliphatic heterocycles. The molecule has 1 amide bonds. The number of amides is 1. The number of amidine groups is 1. The van der Waals surface area contributed by atoms with Crippen molar-refractivity contribution in [1.29, 1.82) is 0 Å². The number of nitrogens with one attached hydrogen (secondary N) is 1. The summed E-state index contributed by atoms with van der Waals surface area (Å²) in [6.07, 6.45) is 0.370. The number of primary amides is 1. The lowest BCUT2D eigenvalue weighted by Gasteiger charge is -2.17. The van der Waals surface area contributed by atoms with Gasteiger partial charge in [0.05, 0.1) is 0 Å². The normalized spacial score (nSPS) is 22.2. The molecule has 74 valence electrons. The maximum absolute atomic E-state index is 10.4. The molecule has 0 radical (unpaired) electrons. The highest BCUT2D eigenvalue weighted by Gasteiger charge is 2.11. The first-order valence-corrected chi connectivity index (χ1v) is 5.36. The molecule has 3 N–H and O–H groups in total. The van der Waals surface area contributed by atoms with Crippen molar-refractivity contribution in [2.45, 2.75) is 13.3 Å². The van der Waals surface area contributed by atoms with Crippen molar-refractivity contribution in [3.8, 4) is 0 Å². The number of rotatable bonds is 3. The molecular formula is C8H15N3OS. The van der Waals surface area contributed by atoms with E-state index in [1.807, 2.05) is 0 Å². The van der Waals surface area contributed by atoms with E-state index in [0.717, 1.165) is 17.5 Å². The summed E-state index contributed by atoms with van der Waals surface area (Å²) < 4.78 is 0. The van der Waals surface area contributed by atoms with Crippen molar-refractivity contribution in [1.82, 2.24) is 5.32 Å². The van der Waals surface area contributed by atoms with Crippen LogP contribution in [0.1, 0.15) is 13.3 Å². The Kier molecular flexibility index (Phi) is 4.08. The second kappa shape index (κ2) is 5.11. The molecule has 0 saturated carbocycles. The van der Waals surface area contributed by atoms with Crippen LogP contribution in [-0.2, 0) is 4.79 Å². The average Bonchev–Trinajstić information content (AvgIpc) is 2.08. The number of hydrogen-bond acceptors (Lipinski definition) is 4. The standard InChI is InChI=1S/C8H15N3OS/c1-6-4-11-8(13-5-6)10-3-2-7(9)12/h6H,2-5H2,1H3,(H2,9,12)(H,10,11). The summed E-state index contributed by atoms with van der Waals surface area (Å²) in [6, 6.07) is 0. The molecule has 0 spiro atoms. The second-order valence-corrected chi connectivity index (χ2v) is 4.21. The first-order valence-electron chi connectivity index (χ1n) is 4.38. The van der Waals surface area contributed by atoms with Gasteiger partial charge in [-0.3, -0.25) is 9.79 Å². The second-order valence-electron chi connectivity index (χ2n) is 3.21. The first kappa shape index (κ1) is 10.4. The molecule has 0 aromatic rings. The average molecular weight is 201 g/mol. The van der Waals surface area contributed by atoms with Crippen molar-refractivity contribution < 1.29 is 4.79 Å². The van der Waals surface area contributed by atoms with Gasteiger partial charge in [-0.05, 0) is 5.92 Å². The summed E-state index contributed by atoms with van der Waals surface area (Å²) in [5.74, 6) is 1.48. The van der Waals surface area contributed by atoms with Crippen LogP contribution in [0.5, 0.6) is 0 Å². The molecule has 0 bridgehead atoms. The minimum absolute atomic E-state index is 0.276. The van der Waals surface area contributed by atoms with Crippen molar-refractivity contribution in [2.24, 2.45) is 16.6 Å². The highest BCUT2D eigenvalue weighted by atomic mass is 32.2. The predicted octanol–water partition coefficient (Wildman–Crippen LogP) is 0.190. The molecule has 1 rings (SSSR count). The van der Waals surface area contributed by atoms with Gasteiger partial charge in [0.15, 0.2) is 5.17 Å². The van der Waals surface area contributed by atoms with Crippen LogP contribution in [-0.4, -0.2) is 29.9 Å². The molecule has 0 aliphatic carbocycles. The van der Waals surface area contributed by atoms with E-state index in [9.17, 15) is 4.79 Å². The minimum atomic E-state index is -0.276. The van der Waals surface area contributed by atoms with Crippen LogP contribution in [0.3, 0.4) is 0 Å². The van der Waals surface area contributed by atoms with Crippen LogP contribution in [0.4, 0.5) is 0 Å². The highest BCUT2D eigenvalue weighted by molar-refractivity contribution is 8.13. The van der Waals surface area contributed by atoms with Gasteiger partial charge in [-0.2, -0.15) is 0 Å². The van der Waals surface area contributed by atoms with Gasteiger partial charge in [0.25, 0.3) is 0 Å². The van der Waals surface area contributed by atoms with Crippen LogP contribution in [0.15, 0.2) is 4.99 Å². The lowest BCUT2D eigenvalue weighted by atomic mass is 10.2. The zero-order chi connectivity index (χ0) is 9.68. The van der Waals surface area contributed by atoms with Crippen molar-refractivity contribution in [3.63, 3.8) is 0 Å². The van der Waals surface area contributed by atoms with Crippen LogP contribution in [0, 0.1) is 5.92 Å². The summed E-state index contributed by atoms with van der Waals surface area (Å²) in [4.78, 5) is 14.8. The number of thioether (sulfide) groups is 1. The number of hydrogen-bond donors (Lipinski definition) is 2. The van der Waals surface area contributed by atoms with E-state index in [1.54, 1.807) is 11.8 Å².